The number of hydrogen-bond donors (Lipinski definition) is 1. The molecule has 4 heteroatoms. The number of ether oxygens (including phenoxy) is 1. The van der Waals surface area contributed by atoms with Crippen LogP contribution in [-0.4, -0.2) is 16.6 Å². The number of nitriles is 1. The van der Waals surface area contributed by atoms with E-state index < -0.39 is 0 Å². The normalized spacial score (nSPS) is 13.2. The lowest BCUT2D eigenvalue weighted by Gasteiger charge is -2.22. The molecule has 1 N–H and O–H groups in total. The maximum Gasteiger partial charge on any atom is 0.150 e. The Morgan fingerprint density at radius 1 is 1.09 bits per heavy atom. The van der Waals surface area contributed by atoms with Gasteiger partial charge in [-0.2, -0.15) is 5.26 Å². The van der Waals surface area contributed by atoms with Gasteiger partial charge in [-0.25, -0.2) is 0 Å². The summed E-state index contributed by atoms with van der Waals surface area (Å²) in [6, 6.07) is 17.2. The summed E-state index contributed by atoms with van der Waals surface area (Å²) in [6.07, 6.45) is 5.65. The Morgan fingerprint density at radius 3 is 2.70 bits per heavy atom. The molecule has 23 heavy (non-hydrogen) atoms. The Bertz CT molecular complexity index is 789. The summed E-state index contributed by atoms with van der Waals surface area (Å²) in [5.74, 6) is 0.844. The molecule has 0 unspecified atom stereocenters. The molecular weight excluding hydrogens is 288 g/mol. The summed E-state index contributed by atoms with van der Waals surface area (Å²) in [4.78, 5) is 1.90. The van der Waals surface area contributed by atoms with Crippen LogP contribution in [0.5, 0.6) is 5.75 Å². The SMILES string of the molecule is N#CCCN1C=COC(c2cccc(O)c2-c2ccccc2)=C1. The Kier molecular flexibility index (Phi) is 4.30. The van der Waals surface area contributed by atoms with Crippen LogP contribution < -0.4 is 0 Å². The van der Waals surface area contributed by atoms with Crippen LogP contribution in [0.1, 0.15) is 12.0 Å². The second-order valence-electron chi connectivity index (χ2n) is 5.11. The first-order valence-electron chi connectivity index (χ1n) is 7.35. The average Bonchev–Trinajstić information content (AvgIpc) is 2.61. The van der Waals surface area contributed by atoms with E-state index >= 15 is 0 Å². The lowest BCUT2D eigenvalue weighted by molar-refractivity contribution is 0.374. The van der Waals surface area contributed by atoms with Gasteiger partial charge in [-0.05, 0) is 11.6 Å². The molecule has 1 heterocycles. The van der Waals surface area contributed by atoms with Crippen molar-refractivity contribution in [2.75, 3.05) is 6.54 Å². The molecule has 0 aromatic heterocycles. The van der Waals surface area contributed by atoms with Crippen LogP contribution in [0.2, 0.25) is 0 Å². The number of hydrogen-bond acceptors (Lipinski definition) is 4. The van der Waals surface area contributed by atoms with Gasteiger partial charge >= 0.3 is 0 Å². The van der Waals surface area contributed by atoms with E-state index in [0.717, 1.165) is 16.7 Å². The minimum absolute atomic E-state index is 0.205. The Morgan fingerprint density at radius 2 is 1.91 bits per heavy atom. The fourth-order valence-electron chi connectivity index (χ4n) is 2.51. The Balaban J connectivity index is 2.02. The number of benzene rings is 2. The molecule has 0 atom stereocenters. The summed E-state index contributed by atoms with van der Waals surface area (Å²) in [5, 5.41) is 19.0. The lowest BCUT2D eigenvalue weighted by atomic mass is 9.97. The molecule has 0 amide bonds. The molecule has 1 aliphatic heterocycles. The highest BCUT2D eigenvalue weighted by Crippen LogP contribution is 2.37. The molecule has 0 saturated carbocycles. The first kappa shape index (κ1) is 14.7. The molecule has 1 aliphatic rings. The van der Waals surface area contributed by atoms with Crippen molar-refractivity contribution in [1.29, 1.82) is 5.26 Å². The molecule has 2 aromatic rings. The van der Waals surface area contributed by atoms with Gasteiger partial charge < -0.3 is 14.7 Å². The zero-order valence-electron chi connectivity index (χ0n) is 12.5. The van der Waals surface area contributed by atoms with Crippen molar-refractivity contribution < 1.29 is 9.84 Å². The van der Waals surface area contributed by atoms with E-state index in [1.54, 1.807) is 24.6 Å². The molecular formula is C19H16N2O2. The predicted molar refractivity (Wildman–Crippen MR) is 88.7 cm³/mol. The van der Waals surface area contributed by atoms with Crippen molar-refractivity contribution in [1.82, 2.24) is 4.90 Å². The van der Waals surface area contributed by atoms with Crippen molar-refractivity contribution in [3.63, 3.8) is 0 Å². The van der Waals surface area contributed by atoms with Crippen LogP contribution in [0.15, 0.2) is 67.2 Å². The van der Waals surface area contributed by atoms with E-state index in [1.807, 2.05) is 47.5 Å². The smallest absolute Gasteiger partial charge is 0.150 e. The van der Waals surface area contributed by atoms with E-state index in [2.05, 4.69) is 6.07 Å². The van der Waals surface area contributed by atoms with Gasteiger partial charge in [0, 0.05) is 30.1 Å². The van der Waals surface area contributed by atoms with Gasteiger partial charge in [-0.3, -0.25) is 0 Å². The number of rotatable bonds is 4. The third kappa shape index (κ3) is 3.19. The Hall–Kier alpha value is -3.19. The fraction of sp³-hybridized carbons (Fsp3) is 0.105. The van der Waals surface area contributed by atoms with Crippen molar-refractivity contribution in [2.45, 2.75) is 6.42 Å². The quantitative estimate of drug-likeness (QED) is 0.925. The predicted octanol–water partition coefficient (Wildman–Crippen LogP) is 4.07. The number of phenols is 1. The van der Waals surface area contributed by atoms with Gasteiger partial charge in [-0.15, -0.1) is 0 Å². The van der Waals surface area contributed by atoms with E-state index in [0.29, 0.717) is 18.7 Å². The van der Waals surface area contributed by atoms with Gasteiger partial charge in [0.2, 0.25) is 0 Å². The third-order valence-corrected chi connectivity index (χ3v) is 3.58. The topological polar surface area (TPSA) is 56.5 Å². The summed E-state index contributed by atoms with van der Waals surface area (Å²) < 4.78 is 5.64. The lowest BCUT2D eigenvalue weighted by Crippen LogP contribution is -2.15. The molecule has 4 nitrogen and oxygen atoms in total. The van der Waals surface area contributed by atoms with E-state index in [4.69, 9.17) is 10.00 Å². The highest BCUT2D eigenvalue weighted by Gasteiger charge is 2.17. The van der Waals surface area contributed by atoms with Crippen molar-refractivity contribution in [3.8, 4) is 22.9 Å². The molecule has 0 aliphatic carbocycles. The van der Waals surface area contributed by atoms with Crippen LogP contribution in [0.4, 0.5) is 0 Å². The maximum atomic E-state index is 10.3. The molecule has 0 radical (unpaired) electrons. The van der Waals surface area contributed by atoms with Gasteiger partial charge in [0.15, 0.2) is 5.76 Å². The molecule has 114 valence electrons. The van der Waals surface area contributed by atoms with Crippen LogP contribution >= 0.6 is 0 Å². The molecule has 2 aromatic carbocycles. The molecule has 3 rings (SSSR count). The first-order chi connectivity index (χ1) is 11.3. The summed E-state index contributed by atoms with van der Waals surface area (Å²) in [7, 11) is 0. The summed E-state index contributed by atoms with van der Waals surface area (Å²) >= 11 is 0. The van der Waals surface area contributed by atoms with Gasteiger partial charge in [0.1, 0.15) is 12.0 Å². The molecule has 0 saturated heterocycles. The first-order valence-corrected chi connectivity index (χ1v) is 7.35. The van der Waals surface area contributed by atoms with Crippen LogP contribution in [0.25, 0.3) is 16.9 Å². The highest BCUT2D eigenvalue weighted by atomic mass is 16.5. The van der Waals surface area contributed by atoms with Gasteiger partial charge in [0.25, 0.3) is 0 Å². The molecule has 0 spiro atoms. The minimum atomic E-state index is 0.205. The van der Waals surface area contributed by atoms with Crippen LogP contribution in [0.3, 0.4) is 0 Å². The monoisotopic (exact) mass is 304 g/mol. The number of aromatic hydroxyl groups is 1. The zero-order chi connectivity index (χ0) is 16.1. The van der Waals surface area contributed by atoms with Crippen LogP contribution in [-0.2, 0) is 4.74 Å². The van der Waals surface area contributed by atoms with Crippen molar-refractivity contribution in [2.24, 2.45) is 0 Å². The van der Waals surface area contributed by atoms with Crippen molar-refractivity contribution >= 4 is 5.76 Å². The van der Waals surface area contributed by atoms with E-state index in [-0.39, 0.29) is 5.75 Å². The average molecular weight is 304 g/mol. The fourth-order valence-corrected chi connectivity index (χ4v) is 2.51. The summed E-state index contributed by atoms with van der Waals surface area (Å²) in [6.45, 7) is 0.597. The third-order valence-electron chi connectivity index (χ3n) is 3.58. The van der Waals surface area contributed by atoms with Crippen molar-refractivity contribution in [3.05, 3.63) is 72.8 Å². The largest absolute Gasteiger partial charge is 0.507 e. The minimum Gasteiger partial charge on any atom is -0.507 e. The number of phenolic OH excluding ortho intramolecular Hbond substituents is 1. The maximum absolute atomic E-state index is 10.3. The molecule has 0 bridgehead atoms. The molecule has 0 fully saturated rings. The Labute approximate surface area is 135 Å². The number of nitrogens with zero attached hydrogens (tertiary/aromatic N) is 2. The van der Waals surface area contributed by atoms with Gasteiger partial charge in [-0.1, -0.05) is 42.5 Å². The van der Waals surface area contributed by atoms with E-state index in [9.17, 15) is 5.11 Å². The second kappa shape index (κ2) is 6.71. The standard InChI is InChI=1S/C19H16N2O2/c20-10-5-11-21-12-13-23-18(14-21)16-8-4-9-17(22)19(16)15-6-2-1-3-7-15/h1-4,6-9,12-14,22H,5,11H2. The van der Waals surface area contributed by atoms with E-state index in [1.165, 1.54) is 0 Å². The highest BCUT2D eigenvalue weighted by molar-refractivity contribution is 5.83. The zero-order valence-corrected chi connectivity index (χ0v) is 12.5. The van der Waals surface area contributed by atoms with Gasteiger partial charge in [0.05, 0.1) is 12.5 Å². The van der Waals surface area contributed by atoms with Crippen LogP contribution in [0, 0.1) is 11.3 Å². The second-order valence-corrected chi connectivity index (χ2v) is 5.11. The summed E-state index contributed by atoms with van der Waals surface area (Å²) in [5.41, 5.74) is 2.46.